The topological polar surface area (TPSA) is 75.7 Å². The lowest BCUT2D eigenvalue weighted by Crippen LogP contribution is -2.41. The number of amides is 1. The smallest absolute Gasteiger partial charge is 0.240 e. The molecule has 1 N–H and O–H groups in total. The van der Waals surface area contributed by atoms with Crippen LogP contribution in [-0.2, 0) is 14.8 Å². The van der Waals surface area contributed by atoms with Crippen molar-refractivity contribution in [3.63, 3.8) is 0 Å². The number of benzene rings is 2. The molecule has 2 rings (SSSR count). The van der Waals surface area contributed by atoms with Gasteiger partial charge < -0.3 is 10.1 Å². The van der Waals surface area contributed by atoms with Crippen molar-refractivity contribution in [2.75, 3.05) is 30.3 Å². The highest BCUT2D eigenvalue weighted by Crippen LogP contribution is 2.27. The first kappa shape index (κ1) is 20.3. The molecule has 0 heterocycles. The molecule has 0 fully saturated rings. The molecule has 0 aliphatic carbocycles. The van der Waals surface area contributed by atoms with Crippen LogP contribution < -0.4 is 14.4 Å². The van der Waals surface area contributed by atoms with E-state index < -0.39 is 15.9 Å². The number of nitrogens with zero attached hydrogens (tertiary/aromatic N) is 1. The Morgan fingerprint density at radius 1 is 1.15 bits per heavy atom. The van der Waals surface area contributed by atoms with Gasteiger partial charge in [0.1, 0.15) is 18.9 Å². The molecule has 0 bridgehead atoms. The van der Waals surface area contributed by atoms with Gasteiger partial charge in [0.2, 0.25) is 15.9 Å². The average Bonchev–Trinajstić information content (AvgIpc) is 2.58. The lowest BCUT2D eigenvalue weighted by Gasteiger charge is -2.23. The van der Waals surface area contributed by atoms with Gasteiger partial charge in [-0.2, -0.15) is 0 Å². The van der Waals surface area contributed by atoms with Gasteiger partial charge in [0, 0.05) is 4.47 Å². The molecule has 0 saturated heterocycles. The van der Waals surface area contributed by atoms with Crippen molar-refractivity contribution in [1.82, 2.24) is 5.32 Å². The number of carbonyl (C=O) groups excluding carboxylic acids is 1. The Kier molecular flexibility index (Phi) is 7.05. The predicted octanol–water partition coefficient (Wildman–Crippen LogP) is 2.72. The molecule has 140 valence electrons. The van der Waals surface area contributed by atoms with Crippen LogP contribution in [0.2, 0.25) is 0 Å². The van der Waals surface area contributed by atoms with Crippen LogP contribution in [0.5, 0.6) is 5.75 Å². The molecule has 0 aliphatic heterocycles. The quantitative estimate of drug-likeness (QED) is 0.640. The van der Waals surface area contributed by atoms with E-state index in [1.54, 1.807) is 24.3 Å². The van der Waals surface area contributed by atoms with Crippen LogP contribution in [0.15, 0.2) is 53.0 Å². The molecule has 0 aliphatic rings. The van der Waals surface area contributed by atoms with Gasteiger partial charge in [0.25, 0.3) is 0 Å². The van der Waals surface area contributed by atoms with Gasteiger partial charge in [-0.05, 0) is 46.6 Å². The van der Waals surface area contributed by atoms with Crippen LogP contribution in [0.4, 0.5) is 5.69 Å². The summed E-state index contributed by atoms with van der Waals surface area (Å²) >= 11 is 3.32. The van der Waals surface area contributed by atoms with Crippen molar-refractivity contribution in [3.05, 3.63) is 58.6 Å². The number of hydrogen-bond donors (Lipinski definition) is 1. The molecule has 2 aromatic carbocycles. The zero-order valence-electron chi connectivity index (χ0n) is 14.6. The molecule has 0 spiro atoms. The van der Waals surface area contributed by atoms with Crippen molar-refractivity contribution in [2.24, 2.45) is 0 Å². The van der Waals surface area contributed by atoms with Crippen molar-refractivity contribution >= 4 is 37.5 Å². The summed E-state index contributed by atoms with van der Waals surface area (Å²) in [7, 11) is -3.60. The van der Waals surface area contributed by atoms with Gasteiger partial charge in [-0.25, -0.2) is 8.42 Å². The number of nitrogens with one attached hydrogen (secondary N) is 1. The highest BCUT2D eigenvalue weighted by molar-refractivity contribution is 9.10. The van der Waals surface area contributed by atoms with E-state index in [0.29, 0.717) is 16.8 Å². The fourth-order valence-corrected chi connectivity index (χ4v) is 3.78. The summed E-state index contributed by atoms with van der Waals surface area (Å²) in [6, 6.07) is 14.4. The summed E-state index contributed by atoms with van der Waals surface area (Å²) in [5.41, 5.74) is 1.43. The minimum atomic E-state index is -3.60. The Labute approximate surface area is 162 Å². The maximum absolute atomic E-state index is 12.2. The third-order valence-electron chi connectivity index (χ3n) is 3.58. The summed E-state index contributed by atoms with van der Waals surface area (Å²) in [5.74, 6) is 0.354. The normalized spacial score (nSPS) is 11.0. The molecule has 0 saturated carbocycles. The number of sulfonamides is 1. The van der Waals surface area contributed by atoms with E-state index in [1.165, 1.54) is 0 Å². The number of aryl methyl sites for hydroxylation is 1. The summed E-state index contributed by atoms with van der Waals surface area (Å²) in [6.07, 6.45) is 1.07. The van der Waals surface area contributed by atoms with Gasteiger partial charge in [0.05, 0.1) is 18.5 Å². The molecule has 8 heteroatoms. The number of carbonyl (C=O) groups is 1. The van der Waals surface area contributed by atoms with Crippen molar-refractivity contribution < 1.29 is 17.9 Å². The second-order valence-electron chi connectivity index (χ2n) is 5.68. The second kappa shape index (κ2) is 9.05. The van der Waals surface area contributed by atoms with E-state index in [0.717, 1.165) is 21.9 Å². The zero-order chi connectivity index (χ0) is 19.2. The van der Waals surface area contributed by atoms with Crippen molar-refractivity contribution in [2.45, 2.75) is 6.92 Å². The van der Waals surface area contributed by atoms with Crippen LogP contribution in [0.1, 0.15) is 5.56 Å². The number of hydrogen-bond acceptors (Lipinski definition) is 4. The van der Waals surface area contributed by atoms with E-state index in [1.807, 2.05) is 31.2 Å². The molecule has 6 nitrogen and oxygen atoms in total. The molecule has 26 heavy (non-hydrogen) atoms. The van der Waals surface area contributed by atoms with Crippen LogP contribution in [0.3, 0.4) is 0 Å². The number of rotatable bonds is 8. The van der Waals surface area contributed by atoms with E-state index in [9.17, 15) is 13.2 Å². The maximum atomic E-state index is 12.2. The minimum Gasteiger partial charge on any atom is -0.491 e. The largest absolute Gasteiger partial charge is 0.491 e. The number of anilines is 1. The summed E-state index contributed by atoms with van der Waals surface area (Å²) in [6.45, 7) is 2.21. The number of ether oxygens (including phenoxy) is 1. The molecule has 1 amide bonds. The SMILES string of the molecule is Cc1ccccc1OCCNC(=O)CN(c1ccccc1Br)S(C)(=O)=O. The third-order valence-corrected chi connectivity index (χ3v) is 5.38. The third kappa shape index (κ3) is 5.74. The standard InChI is InChI=1S/C18H21BrN2O4S/c1-14-7-3-6-10-17(14)25-12-11-20-18(22)13-21(26(2,23)24)16-9-5-4-8-15(16)19/h3-10H,11-13H2,1-2H3,(H,20,22). The Balaban J connectivity index is 1.92. The summed E-state index contributed by atoms with van der Waals surface area (Å²) in [5, 5.41) is 2.68. The summed E-state index contributed by atoms with van der Waals surface area (Å²) in [4.78, 5) is 12.2. The molecular formula is C18H21BrN2O4S. The first-order valence-electron chi connectivity index (χ1n) is 7.96. The highest BCUT2D eigenvalue weighted by atomic mass is 79.9. The fourth-order valence-electron chi connectivity index (χ4n) is 2.29. The van der Waals surface area contributed by atoms with Crippen molar-refractivity contribution in [1.29, 1.82) is 0 Å². The second-order valence-corrected chi connectivity index (χ2v) is 8.45. The maximum Gasteiger partial charge on any atom is 0.240 e. The van der Waals surface area contributed by atoms with Gasteiger partial charge >= 0.3 is 0 Å². The molecule has 0 unspecified atom stereocenters. The average molecular weight is 441 g/mol. The van der Waals surface area contributed by atoms with Crippen LogP contribution in [0, 0.1) is 6.92 Å². The van der Waals surface area contributed by atoms with Crippen LogP contribution in [-0.4, -0.2) is 40.3 Å². The molecule has 0 aromatic heterocycles. The Hall–Kier alpha value is -2.06. The lowest BCUT2D eigenvalue weighted by molar-refractivity contribution is -0.119. The molecular weight excluding hydrogens is 420 g/mol. The lowest BCUT2D eigenvalue weighted by atomic mass is 10.2. The van der Waals surface area contributed by atoms with Crippen molar-refractivity contribution in [3.8, 4) is 5.75 Å². The van der Waals surface area contributed by atoms with Crippen LogP contribution >= 0.6 is 15.9 Å². The Morgan fingerprint density at radius 3 is 2.46 bits per heavy atom. The summed E-state index contributed by atoms with van der Waals surface area (Å²) < 4.78 is 31.4. The van der Waals surface area contributed by atoms with Gasteiger partial charge in [-0.1, -0.05) is 30.3 Å². The van der Waals surface area contributed by atoms with Gasteiger partial charge in [-0.15, -0.1) is 0 Å². The Bertz CT molecular complexity index is 871. The van der Waals surface area contributed by atoms with Gasteiger partial charge in [-0.3, -0.25) is 9.10 Å². The highest BCUT2D eigenvalue weighted by Gasteiger charge is 2.22. The Morgan fingerprint density at radius 2 is 1.81 bits per heavy atom. The van der Waals surface area contributed by atoms with Gasteiger partial charge in [0.15, 0.2) is 0 Å². The minimum absolute atomic E-state index is 0.279. The van der Waals surface area contributed by atoms with E-state index in [4.69, 9.17) is 4.74 Å². The fraction of sp³-hybridized carbons (Fsp3) is 0.278. The number of para-hydroxylation sites is 2. The van der Waals surface area contributed by atoms with E-state index in [2.05, 4.69) is 21.2 Å². The first-order chi connectivity index (χ1) is 12.3. The molecule has 2 aromatic rings. The number of halogens is 1. The molecule has 0 atom stereocenters. The predicted molar refractivity (Wildman–Crippen MR) is 106 cm³/mol. The zero-order valence-corrected chi connectivity index (χ0v) is 17.0. The van der Waals surface area contributed by atoms with Crippen LogP contribution in [0.25, 0.3) is 0 Å². The monoisotopic (exact) mass is 440 g/mol. The van der Waals surface area contributed by atoms with E-state index >= 15 is 0 Å². The first-order valence-corrected chi connectivity index (χ1v) is 10.6. The molecule has 0 radical (unpaired) electrons. The van der Waals surface area contributed by atoms with E-state index in [-0.39, 0.29) is 13.1 Å².